The van der Waals surface area contributed by atoms with Crippen molar-refractivity contribution in [2.24, 2.45) is 0 Å². The molecule has 3 nitrogen and oxygen atoms in total. The summed E-state index contributed by atoms with van der Waals surface area (Å²) in [5.74, 6) is -0.129. The first-order valence-corrected chi connectivity index (χ1v) is 6.78. The summed E-state index contributed by atoms with van der Waals surface area (Å²) in [7, 11) is 1.52. The Morgan fingerprint density at radius 2 is 2.06 bits per heavy atom. The standard InChI is InChI=1S/C13H13NO2S2/c1-3-9-4-6-10(7-5-9)14-12(15)11(8-16-2)18-13(14)17/h4-8H,3H2,1-2H3/b11-8+. The minimum atomic E-state index is -0.129. The summed E-state index contributed by atoms with van der Waals surface area (Å²) in [5, 5.41) is 0. The molecule has 1 aromatic carbocycles. The van der Waals surface area contributed by atoms with E-state index in [1.807, 2.05) is 24.3 Å². The molecule has 0 bridgehead atoms. The molecule has 94 valence electrons. The summed E-state index contributed by atoms with van der Waals surface area (Å²) >= 11 is 6.48. The number of benzene rings is 1. The Bertz CT molecular complexity index is 508. The van der Waals surface area contributed by atoms with Crippen LogP contribution in [0.4, 0.5) is 5.69 Å². The molecule has 1 heterocycles. The van der Waals surface area contributed by atoms with Crippen LogP contribution in [0.15, 0.2) is 35.4 Å². The number of rotatable bonds is 3. The fourth-order valence-corrected chi connectivity index (χ4v) is 2.91. The number of carbonyl (C=O) groups is 1. The molecule has 0 aromatic heterocycles. The zero-order valence-electron chi connectivity index (χ0n) is 10.2. The molecular weight excluding hydrogens is 266 g/mol. The summed E-state index contributed by atoms with van der Waals surface area (Å²) < 4.78 is 5.41. The van der Waals surface area contributed by atoms with Crippen LogP contribution in [0.5, 0.6) is 0 Å². The summed E-state index contributed by atoms with van der Waals surface area (Å²) in [4.78, 5) is 14.2. The van der Waals surface area contributed by atoms with E-state index >= 15 is 0 Å². The van der Waals surface area contributed by atoms with Crippen molar-refractivity contribution in [2.75, 3.05) is 12.0 Å². The molecular formula is C13H13NO2S2. The molecule has 1 aliphatic heterocycles. The maximum atomic E-state index is 12.1. The van der Waals surface area contributed by atoms with E-state index in [0.29, 0.717) is 9.23 Å². The van der Waals surface area contributed by atoms with Gasteiger partial charge in [0.15, 0.2) is 4.32 Å². The maximum absolute atomic E-state index is 12.1. The third kappa shape index (κ3) is 2.42. The van der Waals surface area contributed by atoms with E-state index in [9.17, 15) is 4.79 Å². The zero-order valence-corrected chi connectivity index (χ0v) is 11.8. The molecule has 1 fully saturated rings. The van der Waals surface area contributed by atoms with Gasteiger partial charge in [-0.05, 0) is 24.1 Å². The van der Waals surface area contributed by atoms with Crippen LogP contribution in [0.1, 0.15) is 12.5 Å². The molecule has 0 N–H and O–H groups in total. The Hall–Kier alpha value is -1.33. The van der Waals surface area contributed by atoms with Crippen molar-refractivity contribution in [3.8, 4) is 0 Å². The Balaban J connectivity index is 2.30. The second-order valence-electron chi connectivity index (χ2n) is 3.75. The lowest BCUT2D eigenvalue weighted by Gasteiger charge is -2.14. The van der Waals surface area contributed by atoms with Crippen LogP contribution < -0.4 is 4.90 Å². The topological polar surface area (TPSA) is 29.5 Å². The van der Waals surface area contributed by atoms with Crippen molar-refractivity contribution in [3.05, 3.63) is 41.0 Å². The number of hydrogen-bond donors (Lipinski definition) is 0. The predicted molar refractivity (Wildman–Crippen MR) is 78.6 cm³/mol. The lowest BCUT2D eigenvalue weighted by atomic mass is 10.1. The molecule has 2 rings (SSSR count). The number of methoxy groups -OCH3 is 1. The van der Waals surface area contributed by atoms with Gasteiger partial charge in [0.05, 0.1) is 12.8 Å². The first-order valence-electron chi connectivity index (χ1n) is 5.55. The number of aryl methyl sites for hydroxylation is 1. The smallest absolute Gasteiger partial charge is 0.273 e. The van der Waals surface area contributed by atoms with Crippen molar-refractivity contribution in [1.29, 1.82) is 0 Å². The normalized spacial score (nSPS) is 17.7. The third-order valence-electron chi connectivity index (χ3n) is 2.62. The minimum Gasteiger partial charge on any atom is -0.503 e. The third-order valence-corrected chi connectivity index (χ3v) is 3.90. The maximum Gasteiger partial charge on any atom is 0.273 e. The van der Waals surface area contributed by atoms with E-state index in [0.717, 1.165) is 12.1 Å². The van der Waals surface area contributed by atoms with E-state index in [1.165, 1.54) is 35.6 Å². The van der Waals surface area contributed by atoms with Gasteiger partial charge in [0.25, 0.3) is 5.91 Å². The van der Waals surface area contributed by atoms with Gasteiger partial charge in [0.1, 0.15) is 11.2 Å². The average Bonchev–Trinajstić information content (AvgIpc) is 2.65. The Morgan fingerprint density at radius 3 is 2.61 bits per heavy atom. The van der Waals surface area contributed by atoms with E-state index in [4.69, 9.17) is 17.0 Å². The monoisotopic (exact) mass is 279 g/mol. The molecule has 0 unspecified atom stereocenters. The molecule has 1 amide bonds. The Kier molecular flexibility index (Phi) is 4.04. The van der Waals surface area contributed by atoms with Crippen LogP contribution in [0, 0.1) is 0 Å². The second kappa shape index (κ2) is 5.54. The van der Waals surface area contributed by atoms with Crippen LogP contribution in [-0.2, 0) is 16.0 Å². The first-order chi connectivity index (χ1) is 8.67. The predicted octanol–water partition coefficient (Wildman–Crippen LogP) is 3.10. The van der Waals surface area contributed by atoms with Crippen LogP contribution in [0.25, 0.3) is 0 Å². The van der Waals surface area contributed by atoms with Gasteiger partial charge in [-0.1, -0.05) is 43.0 Å². The quantitative estimate of drug-likeness (QED) is 0.483. The highest BCUT2D eigenvalue weighted by molar-refractivity contribution is 8.27. The van der Waals surface area contributed by atoms with Gasteiger partial charge in [-0.3, -0.25) is 9.69 Å². The fourth-order valence-electron chi connectivity index (χ4n) is 1.66. The number of thioether (sulfide) groups is 1. The lowest BCUT2D eigenvalue weighted by Crippen LogP contribution is -2.27. The zero-order chi connectivity index (χ0) is 13.1. The van der Waals surface area contributed by atoms with Crippen LogP contribution in [-0.4, -0.2) is 17.3 Å². The number of nitrogens with zero attached hydrogens (tertiary/aromatic N) is 1. The van der Waals surface area contributed by atoms with Crippen LogP contribution >= 0.6 is 24.0 Å². The van der Waals surface area contributed by atoms with Gasteiger partial charge in [-0.15, -0.1) is 0 Å². The highest BCUT2D eigenvalue weighted by atomic mass is 32.2. The highest BCUT2D eigenvalue weighted by Gasteiger charge is 2.33. The van der Waals surface area contributed by atoms with Crippen molar-refractivity contribution < 1.29 is 9.53 Å². The van der Waals surface area contributed by atoms with Gasteiger partial charge in [-0.2, -0.15) is 0 Å². The molecule has 0 radical (unpaired) electrons. The molecule has 18 heavy (non-hydrogen) atoms. The summed E-state index contributed by atoms with van der Waals surface area (Å²) in [6, 6.07) is 7.85. The molecule has 1 aromatic rings. The molecule has 0 spiro atoms. The van der Waals surface area contributed by atoms with Crippen molar-refractivity contribution in [3.63, 3.8) is 0 Å². The minimum absolute atomic E-state index is 0.129. The van der Waals surface area contributed by atoms with Gasteiger partial charge in [-0.25, -0.2) is 0 Å². The van der Waals surface area contributed by atoms with Gasteiger partial charge >= 0.3 is 0 Å². The summed E-state index contributed by atoms with van der Waals surface area (Å²) in [6.45, 7) is 2.09. The van der Waals surface area contributed by atoms with Crippen molar-refractivity contribution in [2.45, 2.75) is 13.3 Å². The van der Waals surface area contributed by atoms with E-state index < -0.39 is 0 Å². The van der Waals surface area contributed by atoms with E-state index in [2.05, 4.69) is 6.92 Å². The fraction of sp³-hybridized carbons (Fsp3) is 0.231. The first kappa shape index (κ1) is 13.1. The lowest BCUT2D eigenvalue weighted by molar-refractivity contribution is -0.113. The summed E-state index contributed by atoms with van der Waals surface area (Å²) in [5.41, 5.74) is 2.03. The molecule has 1 saturated heterocycles. The van der Waals surface area contributed by atoms with Crippen molar-refractivity contribution >= 4 is 39.9 Å². The SMILES string of the molecule is CCc1ccc(N2C(=O)/C(=C\OC)SC2=S)cc1. The number of carbonyl (C=O) groups excluding carboxylic acids is 1. The van der Waals surface area contributed by atoms with E-state index in [1.54, 1.807) is 0 Å². The number of amides is 1. The number of ether oxygens (including phenoxy) is 1. The largest absolute Gasteiger partial charge is 0.503 e. The highest BCUT2D eigenvalue weighted by Crippen LogP contribution is 2.34. The van der Waals surface area contributed by atoms with Gasteiger partial charge < -0.3 is 4.74 Å². The molecule has 0 saturated carbocycles. The van der Waals surface area contributed by atoms with Gasteiger partial charge in [0, 0.05) is 0 Å². The van der Waals surface area contributed by atoms with Crippen LogP contribution in [0.2, 0.25) is 0 Å². The van der Waals surface area contributed by atoms with Crippen molar-refractivity contribution in [1.82, 2.24) is 0 Å². The molecule has 1 aliphatic rings. The second-order valence-corrected chi connectivity index (χ2v) is 5.42. The summed E-state index contributed by atoms with van der Waals surface area (Å²) in [6.07, 6.45) is 2.40. The molecule has 0 atom stereocenters. The number of thiocarbonyl (C=S) groups is 1. The van der Waals surface area contributed by atoms with Crippen LogP contribution in [0.3, 0.4) is 0 Å². The number of anilines is 1. The van der Waals surface area contributed by atoms with Gasteiger partial charge in [0.2, 0.25) is 0 Å². The average molecular weight is 279 g/mol. The number of hydrogen-bond acceptors (Lipinski definition) is 4. The molecule has 5 heteroatoms. The Labute approximate surface area is 116 Å². The van der Waals surface area contributed by atoms with E-state index in [-0.39, 0.29) is 5.91 Å². The Morgan fingerprint density at radius 1 is 1.39 bits per heavy atom. The molecule has 0 aliphatic carbocycles.